The Kier molecular flexibility index (Phi) is 7.05. The number of non-ortho nitro benzene ring substituents is 1. The predicted molar refractivity (Wildman–Crippen MR) is 113 cm³/mol. The summed E-state index contributed by atoms with van der Waals surface area (Å²) in [6, 6.07) is 9.82. The van der Waals surface area contributed by atoms with Crippen molar-refractivity contribution < 1.29 is 14.1 Å². The maximum atomic E-state index is 12.5. The van der Waals surface area contributed by atoms with Gasteiger partial charge in [-0.1, -0.05) is 26.0 Å². The van der Waals surface area contributed by atoms with Crippen LogP contribution in [0.1, 0.15) is 30.0 Å². The Morgan fingerprint density at radius 1 is 1.17 bits per heavy atom. The van der Waals surface area contributed by atoms with Crippen molar-refractivity contribution in [1.29, 1.82) is 0 Å². The number of furan rings is 1. The molecule has 0 atom stereocenters. The summed E-state index contributed by atoms with van der Waals surface area (Å²) < 4.78 is 5.22. The third kappa shape index (κ3) is 5.59. The lowest BCUT2D eigenvalue weighted by atomic mass is 10.2. The van der Waals surface area contributed by atoms with Crippen molar-refractivity contribution in [2.45, 2.75) is 20.4 Å². The number of guanidine groups is 1. The molecule has 0 aliphatic carbocycles. The molecule has 2 heterocycles. The second kappa shape index (κ2) is 9.91. The topological polar surface area (TPSA) is 104 Å². The van der Waals surface area contributed by atoms with Crippen molar-refractivity contribution in [3.05, 3.63) is 64.1 Å². The van der Waals surface area contributed by atoms with E-state index in [0.29, 0.717) is 44.4 Å². The van der Waals surface area contributed by atoms with Crippen molar-refractivity contribution in [2.75, 3.05) is 32.7 Å². The molecule has 1 saturated heterocycles. The second-order valence-electron chi connectivity index (χ2n) is 7.59. The molecule has 1 amide bonds. The number of nitrogens with zero attached hydrogens (tertiary/aromatic N) is 4. The summed E-state index contributed by atoms with van der Waals surface area (Å²) in [5.74, 6) is 1.50. The number of nitro benzene ring substituents is 1. The largest absolute Gasteiger partial charge is 0.459 e. The molecule has 0 saturated carbocycles. The molecule has 160 valence electrons. The molecule has 1 fully saturated rings. The van der Waals surface area contributed by atoms with Gasteiger partial charge in [0, 0.05) is 44.9 Å². The molecule has 0 unspecified atom stereocenters. The van der Waals surface area contributed by atoms with Gasteiger partial charge in [-0.3, -0.25) is 14.9 Å². The Balaban J connectivity index is 1.64. The van der Waals surface area contributed by atoms with Crippen LogP contribution in [0.15, 0.2) is 52.1 Å². The van der Waals surface area contributed by atoms with E-state index in [1.807, 2.05) is 0 Å². The smallest absolute Gasteiger partial charge is 0.289 e. The average Bonchev–Trinajstić information content (AvgIpc) is 3.28. The van der Waals surface area contributed by atoms with Crippen molar-refractivity contribution >= 4 is 17.6 Å². The normalized spacial score (nSPS) is 14.8. The van der Waals surface area contributed by atoms with Crippen LogP contribution in [0.4, 0.5) is 5.69 Å². The number of hydrogen-bond donors (Lipinski definition) is 1. The number of carbonyl (C=O) groups is 1. The minimum absolute atomic E-state index is 0.0678. The molecule has 1 aromatic heterocycles. The van der Waals surface area contributed by atoms with Crippen molar-refractivity contribution in [3.8, 4) is 0 Å². The third-order valence-corrected chi connectivity index (χ3v) is 4.83. The fraction of sp³-hybridized carbons (Fsp3) is 0.429. The number of piperazine rings is 1. The van der Waals surface area contributed by atoms with E-state index in [4.69, 9.17) is 9.41 Å². The van der Waals surface area contributed by atoms with Gasteiger partial charge in [-0.05, 0) is 23.6 Å². The lowest BCUT2D eigenvalue weighted by Gasteiger charge is -2.36. The zero-order valence-electron chi connectivity index (χ0n) is 17.3. The van der Waals surface area contributed by atoms with Gasteiger partial charge in [-0.25, -0.2) is 4.99 Å². The molecule has 0 radical (unpaired) electrons. The molecule has 1 aliphatic rings. The summed E-state index contributed by atoms with van der Waals surface area (Å²) in [7, 11) is 0. The van der Waals surface area contributed by atoms with Crippen LogP contribution in [0.25, 0.3) is 0 Å². The fourth-order valence-corrected chi connectivity index (χ4v) is 3.13. The Morgan fingerprint density at radius 3 is 2.40 bits per heavy atom. The Bertz CT molecular complexity index is 869. The minimum Gasteiger partial charge on any atom is -0.459 e. The van der Waals surface area contributed by atoms with Gasteiger partial charge in [0.25, 0.3) is 11.6 Å². The first-order chi connectivity index (χ1) is 14.4. The van der Waals surface area contributed by atoms with E-state index in [1.54, 1.807) is 29.2 Å². The van der Waals surface area contributed by atoms with Gasteiger partial charge < -0.3 is 19.5 Å². The van der Waals surface area contributed by atoms with Crippen LogP contribution in [0.3, 0.4) is 0 Å². The van der Waals surface area contributed by atoms with E-state index in [-0.39, 0.29) is 11.6 Å². The van der Waals surface area contributed by atoms with Crippen LogP contribution < -0.4 is 5.32 Å². The highest BCUT2D eigenvalue weighted by Crippen LogP contribution is 2.13. The fourth-order valence-electron chi connectivity index (χ4n) is 3.13. The minimum atomic E-state index is -0.411. The zero-order valence-corrected chi connectivity index (χ0v) is 17.3. The average molecular weight is 413 g/mol. The summed E-state index contributed by atoms with van der Waals surface area (Å²) in [5, 5.41) is 14.2. The van der Waals surface area contributed by atoms with Crippen LogP contribution in [-0.2, 0) is 6.54 Å². The maximum Gasteiger partial charge on any atom is 0.289 e. The number of aliphatic imine (C=N–C) groups is 1. The summed E-state index contributed by atoms with van der Waals surface area (Å²) in [4.78, 5) is 31.5. The molecular formula is C21H27N5O4. The van der Waals surface area contributed by atoms with Crippen LogP contribution >= 0.6 is 0 Å². The van der Waals surface area contributed by atoms with E-state index in [0.717, 1.165) is 18.1 Å². The molecule has 1 N–H and O–H groups in total. The quantitative estimate of drug-likeness (QED) is 0.338. The molecule has 30 heavy (non-hydrogen) atoms. The highest BCUT2D eigenvalue weighted by atomic mass is 16.6. The van der Waals surface area contributed by atoms with Gasteiger partial charge in [0.15, 0.2) is 11.7 Å². The lowest BCUT2D eigenvalue weighted by Crippen LogP contribution is -2.54. The van der Waals surface area contributed by atoms with Crippen molar-refractivity contribution in [1.82, 2.24) is 15.1 Å². The maximum absolute atomic E-state index is 12.5. The van der Waals surface area contributed by atoms with Crippen molar-refractivity contribution in [3.63, 3.8) is 0 Å². The standard InChI is InChI=1S/C21H27N5O4/c1-16(2)14-22-21(23-15-17-5-7-18(8-6-17)26(28)29)25-11-9-24(10-12-25)20(27)19-4-3-13-30-19/h3-8,13,16H,9-12,14-15H2,1-2H3,(H,22,23). The molecule has 1 aliphatic heterocycles. The number of hydrogen-bond acceptors (Lipinski definition) is 5. The number of amides is 1. The number of nitro groups is 1. The third-order valence-electron chi connectivity index (χ3n) is 4.83. The van der Waals surface area contributed by atoms with Crippen LogP contribution in [0.5, 0.6) is 0 Å². The monoisotopic (exact) mass is 413 g/mol. The molecule has 0 spiro atoms. The second-order valence-corrected chi connectivity index (χ2v) is 7.59. The van der Waals surface area contributed by atoms with Crippen molar-refractivity contribution in [2.24, 2.45) is 10.9 Å². The SMILES string of the molecule is CC(C)CNC(=NCc1ccc([N+](=O)[O-])cc1)N1CCN(C(=O)c2ccco2)CC1. The Morgan fingerprint density at radius 2 is 1.83 bits per heavy atom. The first kappa shape index (κ1) is 21.4. The first-order valence-corrected chi connectivity index (χ1v) is 10.0. The number of nitrogens with one attached hydrogen (secondary N) is 1. The number of carbonyl (C=O) groups excluding carboxylic acids is 1. The summed E-state index contributed by atoms with van der Waals surface area (Å²) >= 11 is 0. The van der Waals surface area contributed by atoms with Crippen LogP contribution in [0.2, 0.25) is 0 Å². The number of benzene rings is 1. The van der Waals surface area contributed by atoms with Gasteiger partial charge in [-0.2, -0.15) is 0 Å². The Labute approximate surface area is 175 Å². The van der Waals surface area contributed by atoms with E-state index in [9.17, 15) is 14.9 Å². The van der Waals surface area contributed by atoms with Gasteiger partial charge in [-0.15, -0.1) is 0 Å². The first-order valence-electron chi connectivity index (χ1n) is 10.0. The molecule has 9 nitrogen and oxygen atoms in total. The van der Waals surface area contributed by atoms with E-state index in [2.05, 4.69) is 24.1 Å². The molecule has 1 aromatic carbocycles. The number of rotatable bonds is 6. The molecule has 2 aromatic rings. The van der Waals surface area contributed by atoms with Crippen LogP contribution in [0, 0.1) is 16.0 Å². The van der Waals surface area contributed by atoms with Gasteiger partial charge in [0.05, 0.1) is 17.7 Å². The van der Waals surface area contributed by atoms with Gasteiger partial charge >= 0.3 is 0 Å². The zero-order chi connectivity index (χ0) is 21.5. The highest BCUT2D eigenvalue weighted by Gasteiger charge is 2.25. The highest BCUT2D eigenvalue weighted by molar-refractivity contribution is 5.91. The lowest BCUT2D eigenvalue weighted by molar-refractivity contribution is -0.384. The van der Waals surface area contributed by atoms with E-state index < -0.39 is 4.92 Å². The van der Waals surface area contributed by atoms with E-state index in [1.165, 1.54) is 18.4 Å². The molecule has 9 heteroatoms. The summed E-state index contributed by atoms with van der Waals surface area (Å²) in [6.45, 7) is 7.95. The Hall–Kier alpha value is -3.36. The predicted octanol–water partition coefficient (Wildman–Crippen LogP) is 2.75. The summed E-state index contributed by atoms with van der Waals surface area (Å²) in [5.41, 5.74) is 0.967. The molecule has 0 bridgehead atoms. The molecular weight excluding hydrogens is 386 g/mol. The van der Waals surface area contributed by atoms with Crippen LogP contribution in [-0.4, -0.2) is 59.3 Å². The summed E-state index contributed by atoms with van der Waals surface area (Å²) in [6.07, 6.45) is 1.50. The van der Waals surface area contributed by atoms with Gasteiger partial charge in [0.2, 0.25) is 0 Å². The van der Waals surface area contributed by atoms with Gasteiger partial charge in [0.1, 0.15) is 0 Å². The van der Waals surface area contributed by atoms with E-state index >= 15 is 0 Å². The molecule has 3 rings (SSSR count).